The molecule has 1 heterocycles. The second-order valence-electron chi connectivity index (χ2n) is 8.68. The molecule has 3 amide bonds. The maximum Gasteiger partial charge on any atom is 0.408 e. The van der Waals surface area contributed by atoms with E-state index in [-0.39, 0.29) is 30.0 Å². The topological polar surface area (TPSA) is 117 Å². The Morgan fingerprint density at radius 2 is 1.74 bits per heavy atom. The Balaban J connectivity index is 1.66. The van der Waals surface area contributed by atoms with E-state index in [0.29, 0.717) is 25.4 Å². The Hall–Kier alpha value is -2.97. The molecule has 1 fully saturated rings. The van der Waals surface area contributed by atoms with Gasteiger partial charge in [-0.3, -0.25) is 9.59 Å². The van der Waals surface area contributed by atoms with Crippen molar-refractivity contribution in [2.75, 3.05) is 26.2 Å². The van der Waals surface area contributed by atoms with Gasteiger partial charge in [0, 0.05) is 19.6 Å². The van der Waals surface area contributed by atoms with E-state index in [1.807, 2.05) is 0 Å². The summed E-state index contributed by atoms with van der Waals surface area (Å²) in [7, 11) is 0. The van der Waals surface area contributed by atoms with Gasteiger partial charge in [-0.2, -0.15) is 0 Å². The second-order valence-corrected chi connectivity index (χ2v) is 8.68. The van der Waals surface area contributed by atoms with Crippen molar-refractivity contribution in [1.29, 1.82) is 0 Å². The van der Waals surface area contributed by atoms with Crippen LogP contribution in [0.5, 0.6) is 11.5 Å². The number of ether oxygens (including phenoxy) is 2. The number of carbonyl (C=O) groups excluding carboxylic acids is 3. The van der Waals surface area contributed by atoms with Gasteiger partial charge in [-0.05, 0) is 70.7 Å². The number of piperidine rings is 1. The maximum absolute atomic E-state index is 12.6. The maximum atomic E-state index is 12.6. The molecule has 0 radical (unpaired) electrons. The molecule has 0 spiro atoms. The molecule has 9 nitrogen and oxygen atoms in total. The minimum atomic E-state index is -0.627. The van der Waals surface area contributed by atoms with Crippen LogP contribution in [-0.4, -0.2) is 65.8 Å². The number of rotatable bonds is 7. The van der Waals surface area contributed by atoms with Crippen LogP contribution in [0.3, 0.4) is 0 Å². The van der Waals surface area contributed by atoms with Gasteiger partial charge in [0.05, 0.1) is 6.54 Å². The first-order valence-corrected chi connectivity index (χ1v) is 10.5. The van der Waals surface area contributed by atoms with Crippen LogP contribution in [0.15, 0.2) is 24.3 Å². The zero-order valence-corrected chi connectivity index (χ0v) is 18.6. The Kier molecular flexibility index (Phi) is 8.53. The van der Waals surface area contributed by atoms with Crippen LogP contribution in [0, 0.1) is 5.92 Å². The van der Waals surface area contributed by atoms with Crippen LogP contribution in [-0.2, 0) is 14.3 Å². The summed E-state index contributed by atoms with van der Waals surface area (Å²) < 4.78 is 10.8. The molecule has 1 aliphatic heterocycles. The third-order valence-electron chi connectivity index (χ3n) is 4.80. The number of nitrogens with one attached hydrogen (secondary N) is 2. The average molecular weight is 436 g/mol. The van der Waals surface area contributed by atoms with Crippen molar-refractivity contribution in [3.8, 4) is 11.5 Å². The second kappa shape index (κ2) is 10.9. The van der Waals surface area contributed by atoms with E-state index in [2.05, 4.69) is 10.6 Å². The van der Waals surface area contributed by atoms with Crippen molar-refractivity contribution >= 4 is 17.9 Å². The molecule has 2 rings (SSSR count). The Morgan fingerprint density at radius 3 is 2.32 bits per heavy atom. The van der Waals surface area contributed by atoms with Gasteiger partial charge in [0.15, 0.2) is 6.10 Å². The number of amides is 3. The summed E-state index contributed by atoms with van der Waals surface area (Å²) >= 11 is 0. The molecule has 1 saturated heterocycles. The first kappa shape index (κ1) is 24.3. The zero-order chi connectivity index (χ0) is 23.0. The highest BCUT2D eigenvalue weighted by atomic mass is 16.6. The van der Waals surface area contributed by atoms with Gasteiger partial charge in [-0.25, -0.2) is 4.79 Å². The smallest absolute Gasteiger partial charge is 0.408 e. The van der Waals surface area contributed by atoms with Gasteiger partial charge >= 0.3 is 6.09 Å². The number of hydrogen-bond acceptors (Lipinski definition) is 6. The molecule has 31 heavy (non-hydrogen) atoms. The predicted octanol–water partition coefficient (Wildman–Crippen LogP) is 2.04. The largest absolute Gasteiger partial charge is 0.508 e. The lowest BCUT2D eigenvalue weighted by molar-refractivity contribution is -0.139. The number of hydrogen-bond donors (Lipinski definition) is 3. The van der Waals surface area contributed by atoms with Crippen molar-refractivity contribution in [2.45, 2.75) is 52.2 Å². The summed E-state index contributed by atoms with van der Waals surface area (Å²) in [6.45, 7) is 8.52. The normalized spacial score (nSPS) is 15.7. The SMILES string of the molecule is CC(Oc1ccc(O)cc1)C(=O)N1CCC(CNC(=O)CNC(=O)OC(C)(C)C)CC1. The zero-order valence-electron chi connectivity index (χ0n) is 18.6. The minimum absolute atomic E-state index is 0.0860. The molecule has 1 unspecified atom stereocenters. The molecule has 1 atom stereocenters. The third kappa shape index (κ3) is 8.74. The van der Waals surface area contributed by atoms with Crippen LogP contribution in [0.2, 0.25) is 0 Å². The Labute approximate surface area is 183 Å². The number of alkyl carbamates (subject to hydrolysis) is 1. The fourth-order valence-electron chi connectivity index (χ4n) is 3.18. The van der Waals surface area contributed by atoms with Crippen LogP contribution in [0.1, 0.15) is 40.5 Å². The number of nitrogens with zero attached hydrogens (tertiary/aromatic N) is 1. The Morgan fingerprint density at radius 1 is 1.13 bits per heavy atom. The average Bonchev–Trinajstić information content (AvgIpc) is 2.71. The molecular formula is C22H33N3O6. The monoisotopic (exact) mass is 435 g/mol. The van der Waals surface area contributed by atoms with Crippen molar-refractivity contribution in [3.63, 3.8) is 0 Å². The molecule has 1 aromatic rings. The van der Waals surface area contributed by atoms with Gasteiger partial charge in [0.25, 0.3) is 5.91 Å². The van der Waals surface area contributed by atoms with Gasteiger partial charge < -0.3 is 30.1 Å². The van der Waals surface area contributed by atoms with Gasteiger partial charge in [-0.15, -0.1) is 0 Å². The van der Waals surface area contributed by atoms with Gasteiger partial charge in [-0.1, -0.05) is 0 Å². The molecule has 1 aromatic carbocycles. The molecular weight excluding hydrogens is 402 g/mol. The fourth-order valence-corrected chi connectivity index (χ4v) is 3.18. The van der Waals surface area contributed by atoms with Crippen molar-refractivity contribution in [1.82, 2.24) is 15.5 Å². The highest BCUT2D eigenvalue weighted by Gasteiger charge is 2.27. The van der Waals surface area contributed by atoms with Crippen molar-refractivity contribution in [3.05, 3.63) is 24.3 Å². The lowest BCUT2D eigenvalue weighted by Gasteiger charge is -2.33. The van der Waals surface area contributed by atoms with E-state index in [9.17, 15) is 19.5 Å². The summed E-state index contributed by atoms with van der Waals surface area (Å²) in [6.07, 6.45) is 0.298. The van der Waals surface area contributed by atoms with Gasteiger partial charge in [0.1, 0.15) is 17.1 Å². The minimum Gasteiger partial charge on any atom is -0.508 e. The quantitative estimate of drug-likeness (QED) is 0.603. The van der Waals surface area contributed by atoms with E-state index < -0.39 is 17.8 Å². The summed E-state index contributed by atoms with van der Waals surface area (Å²) in [4.78, 5) is 37.9. The number of phenols is 1. The first-order valence-electron chi connectivity index (χ1n) is 10.5. The standard InChI is InChI=1S/C22H33N3O6/c1-15(30-18-7-5-17(26)6-8-18)20(28)25-11-9-16(10-12-25)13-23-19(27)14-24-21(29)31-22(2,3)4/h5-8,15-16,26H,9-14H2,1-4H3,(H,23,27)(H,24,29). The lowest BCUT2D eigenvalue weighted by Crippen LogP contribution is -2.47. The van der Waals surface area contributed by atoms with E-state index in [0.717, 1.165) is 12.8 Å². The highest BCUT2D eigenvalue weighted by Crippen LogP contribution is 2.20. The van der Waals surface area contributed by atoms with Crippen LogP contribution in [0.25, 0.3) is 0 Å². The number of phenolic OH excluding ortho intramolecular Hbond substituents is 1. The fraction of sp³-hybridized carbons (Fsp3) is 0.591. The molecule has 9 heteroatoms. The lowest BCUT2D eigenvalue weighted by atomic mass is 9.96. The van der Waals surface area contributed by atoms with E-state index in [1.165, 1.54) is 12.1 Å². The third-order valence-corrected chi connectivity index (χ3v) is 4.80. The number of likely N-dealkylation sites (tertiary alicyclic amines) is 1. The number of aromatic hydroxyl groups is 1. The van der Waals surface area contributed by atoms with E-state index in [4.69, 9.17) is 9.47 Å². The number of benzene rings is 1. The molecule has 0 aromatic heterocycles. The Bertz CT molecular complexity index is 752. The molecule has 1 aliphatic rings. The molecule has 0 aliphatic carbocycles. The van der Waals surface area contributed by atoms with Gasteiger partial charge in [0.2, 0.25) is 5.91 Å². The number of carbonyl (C=O) groups is 3. The van der Waals surface area contributed by atoms with Crippen molar-refractivity contribution in [2.24, 2.45) is 5.92 Å². The first-order chi connectivity index (χ1) is 14.5. The van der Waals surface area contributed by atoms with Crippen LogP contribution < -0.4 is 15.4 Å². The highest BCUT2D eigenvalue weighted by molar-refractivity contribution is 5.82. The van der Waals surface area contributed by atoms with Crippen molar-refractivity contribution < 1.29 is 29.0 Å². The molecule has 172 valence electrons. The summed E-state index contributed by atoms with van der Waals surface area (Å²) in [5.74, 6) is 0.567. The summed E-state index contributed by atoms with van der Waals surface area (Å²) in [6, 6.07) is 6.25. The molecule has 0 saturated carbocycles. The molecule has 3 N–H and O–H groups in total. The van der Waals surface area contributed by atoms with Crippen LogP contribution >= 0.6 is 0 Å². The summed E-state index contributed by atoms with van der Waals surface area (Å²) in [5, 5.41) is 14.6. The summed E-state index contributed by atoms with van der Waals surface area (Å²) in [5.41, 5.74) is -0.613. The molecule has 0 bridgehead atoms. The van der Waals surface area contributed by atoms with Crippen LogP contribution in [0.4, 0.5) is 4.79 Å². The predicted molar refractivity (Wildman–Crippen MR) is 115 cm³/mol. The van der Waals surface area contributed by atoms with E-state index >= 15 is 0 Å². The van der Waals surface area contributed by atoms with E-state index in [1.54, 1.807) is 44.7 Å².